The molecule has 2 aromatic rings. The van der Waals surface area contributed by atoms with Crippen molar-refractivity contribution in [3.63, 3.8) is 0 Å². The molecule has 0 aliphatic carbocycles. The minimum atomic E-state index is 0.426. The van der Waals surface area contributed by atoms with Crippen LogP contribution in [0.4, 0.5) is 0 Å². The maximum absolute atomic E-state index is 6.11. The van der Waals surface area contributed by atoms with Gasteiger partial charge in [-0.2, -0.15) is 0 Å². The van der Waals surface area contributed by atoms with Crippen molar-refractivity contribution in [3.8, 4) is 5.75 Å². The Hall–Kier alpha value is -0.970. The molecule has 1 aromatic carbocycles. The van der Waals surface area contributed by atoms with Crippen molar-refractivity contribution < 1.29 is 9.15 Å². The Balaban J connectivity index is 2.01. The van der Waals surface area contributed by atoms with Gasteiger partial charge in [-0.3, -0.25) is 0 Å². The van der Waals surface area contributed by atoms with Crippen LogP contribution in [-0.2, 0) is 13.2 Å². The van der Waals surface area contributed by atoms with E-state index in [1.165, 1.54) is 0 Å². The van der Waals surface area contributed by atoms with Crippen molar-refractivity contribution in [2.75, 3.05) is 0 Å². The van der Waals surface area contributed by atoms with E-state index in [1.807, 2.05) is 25.1 Å². The fourth-order valence-electron chi connectivity index (χ4n) is 1.87. The molecule has 0 bridgehead atoms. The Labute approximate surface area is 138 Å². The number of hydrogen-bond donors (Lipinski definition) is 1. The number of nitrogens with one attached hydrogen (secondary N) is 1. The molecule has 114 valence electrons. The van der Waals surface area contributed by atoms with E-state index in [4.69, 9.17) is 20.8 Å². The predicted octanol–water partition coefficient (Wildman–Crippen LogP) is 5.08. The third kappa shape index (κ3) is 4.77. The summed E-state index contributed by atoms with van der Waals surface area (Å²) in [6.45, 7) is 7.31. The Morgan fingerprint density at radius 3 is 2.81 bits per heavy atom. The van der Waals surface area contributed by atoms with Gasteiger partial charge in [-0.15, -0.1) is 0 Å². The molecule has 21 heavy (non-hydrogen) atoms. The number of benzene rings is 1. The molecule has 1 heterocycles. The molecule has 1 N–H and O–H groups in total. The molecule has 3 nitrogen and oxygen atoms in total. The normalized spacial score (nSPS) is 11.1. The van der Waals surface area contributed by atoms with Gasteiger partial charge in [0.2, 0.25) is 0 Å². The van der Waals surface area contributed by atoms with Crippen LogP contribution in [0, 0.1) is 6.92 Å². The molecule has 2 rings (SSSR count). The van der Waals surface area contributed by atoms with Crippen molar-refractivity contribution in [2.24, 2.45) is 0 Å². The second-order valence-corrected chi connectivity index (χ2v) is 6.52. The van der Waals surface area contributed by atoms with Gasteiger partial charge in [0.05, 0.1) is 11.6 Å². The summed E-state index contributed by atoms with van der Waals surface area (Å²) < 4.78 is 12.4. The highest BCUT2D eigenvalue weighted by Crippen LogP contribution is 2.29. The summed E-state index contributed by atoms with van der Waals surface area (Å²) in [6, 6.07) is 8.00. The zero-order chi connectivity index (χ0) is 15.4. The van der Waals surface area contributed by atoms with Crippen LogP contribution in [0.25, 0.3) is 0 Å². The first-order valence-electron chi connectivity index (χ1n) is 6.85. The van der Waals surface area contributed by atoms with Crippen LogP contribution in [0.15, 0.2) is 33.2 Å². The van der Waals surface area contributed by atoms with Gasteiger partial charge in [-0.05, 0) is 31.2 Å². The molecule has 0 spiro atoms. The number of aryl methyl sites for hydroxylation is 1. The smallest absolute Gasteiger partial charge is 0.139 e. The molecule has 0 amide bonds. The largest absolute Gasteiger partial charge is 0.487 e. The van der Waals surface area contributed by atoms with Crippen LogP contribution in [0.3, 0.4) is 0 Å². The second-order valence-electron chi connectivity index (χ2n) is 5.19. The van der Waals surface area contributed by atoms with Crippen molar-refractivity contribution in [3.05, 3.63) is 50.8 Å². The number of furan rings is 1. The lowest BCUT2D eigenvalue weighted by atomic mass is 10.2. The monoisotopic (exact) mass is 371 g/mol. The number of rotatable bonds is 6. The van der Waals surface area contributed by atoms with E-state index in [-0.39, 0.29) is 0 Å². The summed E-state index contributed by atoms with van der Waals surface area (Å²) >= 11 is 9.52. The zero-order valence-electron chi connectivity index (χ0n) is 12.4. The van der Waals surface area contributed by atoms with Crippen LogP contribution < -0.4 is 10.1 Å². The third-order valence-corrected chi connectivity index (χ3v) is 3.84. The average molecular weight is 373 g/mol. The molecule has 1 aromatic heterocycles. The Morgan fingerprint density at radius 2 is 2.10 bits per heavy atom. The average Bonchev–Trinajstić information content (AvgIpc) is 2.78. The maximum atomic E-state index is 6.11. The van der Waals surface area contributed by atoms with Gasteiger partial charge in [0.25, 0.3) is 0 Å². The second kappa shape index (κ2) is 7.34. The lowest BCUT2D eigenvalue weighted by Gasteiger charge is -2.07. The molecule has 0 saturated heterocycles. The van der Waals surface area contributed by atoms with E-state index in [9.17, 15) is 0 Å². The van der Waals surface area contributed by atoms with E-state index >= 15 is 0 Å². The topological polar surface area (TPSA) is 34.4 Å². The molecular weight excluding hydrogens is 354 g/mol. The van der Waals surface area contributed by atoms with Crippen LogP contribution in [0.5, 0.6) is 5.75 Å². The first-order valence-corrected chi connectivity index (χ1v) is 8.02. The Morgan fingerprint density at radius 1 is 1.33 bits per heavy atom. The number of halogens is 2. The maximum Gasteiger partial charge on any atom is 0.139 e. The van der Waals surface area contributed by atoms with Gasteiger partial charge in [-0.25, -0.2) is 0 Å². The molecule has 0 saturated carbocycles. The molecule has 0 aliphatic heterocycles. The van der Waals surface area contributed by atoms with Crippen LogP contribution in [-0.4, -0.2) is 6.04 Å². The quantitative estimate of drug-likeness (QED) is 0.767. The van der Waals surface area contributed by atoms with E-state index in [1.54, 1.807) is 6.07 Å². The Kier molecular flexibility index (Phi) is 5.73. The van der Waals surface area contributed by atoms with Crippen LogP contribution in [0.2, 0.25) is 5.02 Å². The minimum Gasteiger partial charge on any atom is -0.487 e. The van der Waals surface area contributed by atoms with E-state index in [2.05, 4.69) is 35.1 Å². The fourth-order valence-corrected chi connectivity index (χ4v) is 2.38. The predicted molar refractivity (Wildman–Crippen MR) is 88.9 cm³/mol. The molecule has 0 aliphatic rings. The third-order valence-electron chi connectivity index (χ3n) is 3.03. The number of hydrogen-bond acceptors (Lipinski definition) is 3. The van der Waals surface area contributed by atoms with Crippen LogP contribution in [0.1, 0.15) is 30.9 Å². The summed E-state index contributed by atoms with van der Waals surface area (Å²) in [5.41, 5.74) is 1.03. The molecule has 5 heteroatoms. The molecule has 0 fully saturated rings. The first-order chi connectivity index (χ1) is 9.95. The lowest BCUT2D eigenvalue weighted by molar-refractivity contribution is 0.303. The molecule has 0 unspecified atom stereocenters. The van der Waals surface area contributed by atoms with E-state index in [0.29, 0.717) is 23.4 Å². The fraction of sp³-hybridized carbons (Fsp3) is 0.375. The molecule has 0 radical (unpaired) electrons. The van der Waals surface area contributed by atoms with Gasteiger partial charge in [0.15, 0.2) is 0 Å². The SMILES string of the molecule is Cc1oc(CNC(C)C)cc1COc1cc(Br)ccc1Cl. The minimum absolute atomic E-state index is 0.426. The first kappa shape index (κ1) is 16.4. The van der Waals surface area contributed by atoms with Gasteiger partial charge >= 0.3 is 0 Å². The van der Waals surface area contributed by atoms with E-state index in [0.717, 1.165) is 28.1 Å². The summed E-state index contributed by atoms with van der Waals surface area (Å²) in [5.74, 6) is 2.45. The molecular formula is C16H19BrClNO2. The summed E-state index contributed by atoms with van der Waals surface area (Å²) in [7, 11) is 0. The van der Waals surface area contributed by atoms with Gasteiger partial charge < -0.3 is 14.5 Å². The zero-order valence-corrected chi connectivity index (χ0v) is 14.7. The van der Waals surface area contributed by atoms with Crippen LogP contribution >= 0.6 is 27.5 Å². The highest BCUT2D eigenvalue weighted by Gasteiger charge is 2.10. The van der Waals surface area contributed by atoms with Crippen molar-refractivity contribution in [2.45, 2.75) is 40.0 Å². The van der Waals surface area contributed by atoms with Crippen molar-refractivity contribution in [1.29, 1.82) is 0 Å². The van der Waals surface area contributed by atoms with Crippen molar-refractivity contribution in [1.82, 2.24) is 5.32 Å². The van der Waals surface area contributed by atoms with Gasteiger partial charge in [-0.1, -0.05) is 41.4 Å². The van der Waals surface area contributed by atoms with Crippen molar-refractivity contribution >= 4 is 27.5 Å². The summed E-state index contributed by atoms with van der Waals surface area (Å²) in [5, 5.41) is 3.93. The Bertz CT molecular complexity index is 610. The molecule has 0 atom stereocenters. The summed E-state index contributed by atoms with van der Waals surface area (Å²) in [6.07, 6.45) is 0. The highest BCUT2D eigenvalue weighted by molar-refractivity contribution is 9.10. The van der Waals surface area contributed by atoms with Gasteiger partial charge in [0, 0.05) is 16.1 Å². The summed E-state index contributed by atoms with van der Waals surface area (Å²) in [4.78, 5) is 0. The highest BCUT2D eigenvalue weighted by atomic mass is 79.9. The van der Waals surface area contributed by atoms with Gasteiger partial charge in [0.1, 0.15) is 23.9 Å². The standard InChI is InChI=1S/C16H19BrClNO2/c1-10(2)19-8-14-6-12(11(3)21-14)9-20-16-7-13(17)4-5-15(16)18/h4-7,10,19H,8-9H2,1-3H3. The van der Waals surface area contributed by atoms with E-state index < -0.39 is 0 Å². The lowest BCUT2D eigenvalue weighted by Crippen LogP contribution is -2.21. The number of ether oxygens (including phenoxy) is 1.